The van der Waals surface area contributed by atoms with Gasteiger partial charge in [-0.05, 0) is 17.8 Å². The lowest BCUT2D eigenvalue weighted by atomic mass is 9.79. The standard InChI is InChI=1S/C8H16O3S/c1-8(2,6-9)7-3-4-12(10,11)5-7/h7,9H,3-6H2,1-2H3. The van der Waals surface area contributed by atoms with E-state index in [9.17, 15) is 8.42 Å². The van der Waals surface area contributed by atoms with Crippen molar-refractivity contribution in [3.63, 3.8) is 0 Å². The SMILES string of the molecule is CC(C)(CO)C1CCS(=O)(=O)C1. The lowest BCUT2D eigenvalue weighted by Gasteiger charge is -2.27. The van der Waals surface area contributed by atoms with Crippen molar-refractivity contribution in [2.45, 2.75) is 20.3 Å². The number of hydrogen-bond donors (Lipinski definition) is 1. The van der Waals surface area contributed by atoms with E-state index in [0.717, 1.165) is 0 Å². The summed E-state index contributed by atoms with van der Waals surface area (Å²) in [5, 5.41) is 9.03. The van der Waals surface area contributed by atoms with Crippen LogP contribution in [0, 0.1) is 11.3 Å². The molecule has 0 aromatic carbocycles. The van der Waals surface area contributed by atoms with Crippen molar-refractivity contribution >= 4 is 9.84 Å². The van der Waals surface area contributed by atoms with Gasteiger partial charge >= 0.3 is 0 Å². The van der Waals surface area contributed by atoms with Crippen LogP contribution in [0.5, 0.6) is 0 Å². The van der Waals surface area contributed by atoms with Crippen LogP contribution in [0.4, 0.5) is 0 Å². The number of hydrogen-bond acceptors (Lipinski definition) is 3. The summed E-state index contributed by atoms with van der Waals surface area (Å²) in [6, 6.07) is 0. The molecular weight excluding hydrogens is 176 g/mol. The summed E-state index contributed by atoms with van der Waals surface area (Å²) < 4.78 is 22.2. The number of aliphatic hydroxyl groups excluding tert-OH is 1. The second-order valence-corrected chi connectivity index (χ2v) is 6.48. The van der Waals surface area contributed by atoms with Gasteiger partial charge in [0.25, 0.3) is 0 Å². The summed E-state index contributed by atoms with van der Waals surface area (Å²) >= 11 is 0. The summed E-state index contributed by atoms with van der Waals surface area (Å²) in [6.45, 7) is 3.89. The maximum Gasteiger partial charge on any atom is 0.150 e. The molecule has 1 unspecified atom stereocenters. The molecule has 1 aliphatic heterocycles. The van der Waals surface area contributed by atoms with Crippen molar-refractivity contribution in [2.75, 3.05) is 18.1 Å². The lowest BCUT2D eigenvalue weighted by molar-refractivity contribution is 0.108. The molecule has 1 saturated heterocycles. The molecule has 0 amide bonds. The molecule has 1 N–H and O–H groups in total. The van der Waals surface area contributed by atoms with Gasteiger partial charge in [-0.3, -0.25) is 0 Å². The van der Waals surface area contributed by atoms with Crippen LogP contribution in [-0.2, 0) is 9.84 Å². The predicted octanol–water partition coefficient (Wildman–Crippen LogP) is 0.440. The van der Waals surface area contributed by atoms with Crippen molar-refractivity contribution in [1.29, 1.82) is 0 Å². The van der Waals surface area contributed by atoms with Gasteiger partial charge in [0, 0.05) is 6.61 Å². The van der Waals surface area contributed by atoms with Gasteiger partial charge < -0.3 is 5.11 Å². The summed E-state index contributed by atoms with van der Waals surface area (Å²) in [4.78, 5) is 0. The Kier molecular flexibility index (Phi) is 2.50. The topological polar surface area (TPSA) is 54.4 Å². The van der Waals surface area contributed by atoms with Crippen LogP contribution < -0.4 is 0 Å². The largest absolute Gasteiger partial charge is 0.396 e. The molecule has 1 fully saturated rings. The number of sulfone groups is 1. The van der Waals surface area contributed by atoms with E-state index in [2.05, 4.69) is 0 Å². The fraction of sp³-hybridized carbons (Fsp3) is 1.00. The average molecular weight is 192 g/mol. The monoisotopic (exact) mass is 192 g/mol. The molecule has 72 valence electrons. The van der Waals surface area contributed by atoms with Gasteiger partial charge in [0.1, 0.15) is 0 Å². The Labute approximate surface area is 73.7 Å². The van der Waals surface area contributed by atoms with Crippen LogP contribution in [0.1, 0.15) is 20.3 Å². The van der Waals surface area contributed by atoms with Crippen molar-refractivity contribution in [1.82, 2.24) is 0 Å². The van der Waals surface area contributed by atoms with Gasteiger partial charge in [0.05, 0.1) is 11.5 Å². The maximum atomic E-state index is 11.1. The molecule has 0 spiro atoms. The van der Waals surface area contributed by atoms with Crippen LogP contribution in [-0.4, -0.2) is 31.6 Å². The molecule has 1 heterocycles. The van der Waals surface area contributed by atoms with E-state index >= 15 is 0 Å². The van der Waals surface area contributed by atoms with E-state index in [1.807, 2.05) is 13.8 Å². The first kappa shape index (κ1) is 9.99. The third-order valence-electron chi connectivity index (χ3n) is 2.75. The third kappa shape index (κ3) is 1.98. The molecule has 0 aromatic heterocycles. The average Bonchev–Trinajstić information content (AvgIpc) is 2.31. The van der Waals surface area contributed by atoms with E-state index in [1.165, 1.54) is 0 Å². The van der Waals surface area contributed by atoms with Crippen molar-refractivity contribution in [3.8, 4) is 0 Å². The number of aliphatic hydroxyl groups is 1. The fourth-order valence-corrected chi connectivity index (χ4v) is 3.58. The zero-order chi connectivity index (χ0) is 9.41. The molecule has 0 radical (unpaired) electrons. The normalized spacial score (nSPS) is 29.1. The summed E-state index contributed by atoms with van der Waals surface area (Å²) in [5.41, 5.74) is -0.246. The predicted molar refractivity (Wildman–Crippen MR) is 47.6 cm³/mol. The van der Waals surface area contributed by atoms with E-state index in [-0.39, 0.29) is 23.7 Å². The van der Waals surface area contributed by atoms with Gasteiger partial charge in [-0.1, -0.05) is 13.8 Å². The van der Waals surface area contributed by atoms with E-state index in [1.54, 1.807) is 0 Å². The molecule has 4 heteroatoms. The first-order valence-corrected chi connectivity index (χ1v) is 6.01. The van der Waals surface area contributed by atoms with Crippen LogP contribution >= 0.6 is 0 Å². The maximum absolute atomic E-state index is 11.1. The highest BCUT2D eigenvalue weighted by atomic mass is 32.2. The fourth-order valence-electron chi connectivity index (χ4n) is 1.54. The smallest absolute Gasteiger partial charge is 0.150 e. The summed E-state index contributed by atoms with van der Waals surface area (Å²) in [7, 11) is -2.80. The van der Waals surface area contributed by atoms with Crippen LogP contribution in [0.2, 0.25) is 0 Å². The molecule has 0 bridgehead atoms. The van der Waals surface area contributed by atoms with Crippen LogP contribution in [0.15, 0.2) is 0 Å². The Hall–Kier alpha value is -0.0900. The third-order valence-corrected chi connectivity index (χ3v) is 4.51. The minimum absolute atomic E-state index is 0.0627. The Morgan fingerprint density at radius 1 is 1.50 bits per heavy atom. The highest BCUT2D eigenvalue weighted by Gasteiger charge is 2.37. The molecule has 0 saturated carbocycles. The van der Waals surface area contributed by atoms with Crippen LogP contribution in [0.3, 0.4) is 0 Å². The van der Waals surface area contributed by atoms with Gasteiger partial charge in [0.2, 0.25) is 0 Å². The van der Waals surface area contributed by atoms with Gasteiger partial charge in [-0.15, -0.1) is 0 Å². The Morgan fingerprint density at radius 2 is 2.08 bits per heavy atom. The molecule has 1 atom stereocenters. The van der Waals surface area contributed by atoms with Crippen molar-refractivity contribution < 1.29 is 13.5 Å². The Morgan fingerprint density at radius 3 is 2.42 bits per heavy atom. The number of rotatable bonds is 2. The summed E-state index contributed by atoms with van der Waals surface area (Å²) in [5.74, 6) is 0.675. The minimum atomic E-state index is -2.80. The lowest BCUT2D eigenvalue weighted by Crippen LogP contribution is -2.28. The van der Waals surface area contributed by atoms with Gasteiger partial charge in [-0.2, -0.15) is 0 Å². The quantitative estimate of drug-likeness (QED) is 0.690. The molecule has 3 nitrogen and oxygen atoms in total. The van der Waals surface area contributed by atoms with Gasteiger partial charge in [0.15, 0.2) is 9.84 Å². The second kappa shape index (κ2) is 3.00. The van der Waals surface area contributed by atoms with Crippen molar-refractivity contribution in [2.24, 2.45) is 11.3 Å². The van der Waals surface area contributed by atoms with E-state index in [4.69, 9.17) is 5.11 Å². The second-order valence-electron chi connectivity index (χ2n) is 4.25. The molecule has 12 heavy (non-hydrogen) atoms. The zero-order valence-electron chi connectivity index (χ0n) is 7.58. The zero-order valence-corrected chi connectivity index (χ0v) is 8.39. The molecular formula is C8H16O3S. The van der Waals surface area contributed by atoms with Gasteiger partial charge in [-0.25, -0.2) is 8.42 Å². The Bertz CT molecular complexity index is 253. The van der Waals surface area contributed by atoms with E-state index < -0.39 is 9.84 Å². The van der Waals surface area contributed by atoms with Crippen molar-refractivity contribution in [3.05, 3.63) is 0 Å². The first-order valence-electron chi connectivity index (χ1n) is 4.19. The Balaban J connectivity index is 2.70. The molecule has 0 aromatic rings. The van der Waals surface area contributed by atoms with Crippen LogP contribution in [0.25, 0.3) is 0 Å². The molecule has 0 aliphatic carbocycles. The minimum Gasteiger partial charge on any atom is -0.396 e. The summed E-state index contributed by atoms with van der Waals surface area (Å²) in [6.07, 6.45) is 0.704. The molecule has 1 aliphatic rings. The van der Waals surface area contributed by atoms with E-state index in [0.29, 0.717) is 12.2 Å². The highest BCUT2D eigenvalue weighted by molar-refractivity contribution is 7.91. The first-order chi connectivity index (χ1) is 5.37. The molecule has 1 rings (SSSR count). The highest BCUT2D eigenvalue weighted by Crippen LogP contribution is 2.34.